The first-order chi connectivity index (χ1) is 7.32. The van der Waals surface area contributed by atoms with Crippen molar-refractivity contribution in [2.24, 2.45) is 5.41 Å². The first-order valence-corrected chi connectivity index (χ1v) is 7.81. The smallest absolute Gasteiger partial charge is 0.00738 e. The Balaban J connectivity index is 2.16. The van der Waals surface area contributed by atoms with Gasteiger partial charge in [-0.2, -0.15) is 0 Å². The van der Waals surface area contributed by atoms with Crippen LogP contribution in [0, 0.1) is 5.41 Å². The van der Waals surface area contributed by atoms with Crippen LogP contribution in [0.5, 0.6) is 0 Å². The van der Waals surface area contributed by atoms with Crippen LogP contribution in [0.3, 0.4) is 0 Å². The molecule has 2 aliphatic rings. The van der Waals surface area contributed by atoms with Crippen molar-refractivity contribution < 1.29 is 0 Å². The third-order valence-electron chi connectivity index (χ3n) is 4.39. The van der Waals surface area contributed by atoms with Crippen LogP contribution in [0.25, 0.3) is 0 Å². The van der Waals surface area contributed by atoms with Crippen molar-refractivity contribution >= 4 is 11.8 Å². The van der Waals surface area contributed by atoms with Gasteiger partial charge in [0.15, 0.2) is 0 Å². The first kappa shape index (κ1) is 11.6. The van der Waals surface area contributed by atoms with Gasteiger partial charge in [-0.05, 0) is 55.1 Å². The molecule has 15 heavy (non-hydrogen) atoms. The molecule has 0 aromatic carbocycles. The number of fused-ring (bicyclic) bond motifs is 1. The number of thioether (sulfide) groups is 1. The van der Waals surface area contributed by atoms with Crippen LogP contribution < -0.4 is 0 Å². The van der Waals surface area contributed by atoms with Gasteiger partial charge in [0.1, 0.15) is 0 Å². The Labute approximate surface area is 98.9 Å². The molecule has 0 spiro atoms. The summed E-state index contributed by atoms with van der Waals surface area (Å²) in [5, 5.41) is 0. The van der Waals surface area contributed by atoms with E-state index in [0.29, 0.717) is 5.41 Å². The van der Waals surface area contributed by atoms with Crippen LogP contribution in [0.4, 0.5) is 0 Å². The van der Waals surface area contributed by atoms with Crippen LogP contribution in [0.1, 0.15) is 64.7 Å². The molecule has 0 aliphatic heterocycles. The minimum Gasteiger partial charge on any atom is -0.134 e. The number of hydrogen-bond donors (Lipinski definition) is 0. The van der Waals surface area contributed by atoms with Crippen molar-refractivity contribution in [3.63, 3.8) is 0 Å². The first-order valence-electron chi connectivity index (χ1n) is 6.59. The number of allylic oxidation sites excluding steroid dienone is 2. The summed E-state index contributed by atoms with van der Waals surface area (Å²) < 4.78 is 0. The molecule has 0 aromatic heterocycles. The molecule has 2 rings (SSSR count). The van der Waals surface area contributed by atoms with E-state index in [0.717, 1.165) is 0 Å². The maximum Gasteiger partial charge on any atom is -0.00738 e. The summed E-state index contributed by atoms with van der Waals surface area (Å²) in [7, 11) is 0. The molecule has 0 amide bonds. The molecule has 1 atom stereocenters. The van der Waals surface area contributed by atoms with E-state index in [1.54, 1.807) is 4.91 Å². The summed E-state index contributed by atoms with van der Waals surface area (Å²) >= 11 is 2.03. The molecule has 0 saturated heterocycles. The van der Waals surface area contributed by atoms with Crippen LogP contribution in [-0.2, 0) is 0 Å². The second kappa shape index (κ2) is 4.95. The van der Waals surface area contributed by atoms with E-state index in [1.807, 2.05) is 17.3 Å². The lowest BCUT2D eigenvalue weighted by Gasteiger charge is -2.37. The Morgan fingerprint density at radius 1 is 1.20 bits per heavy atom. The summed E-state index contributed by atoms with van der Waals surface area (Å²) in [5.41, 5.74) is 2.56. The summed E-state index contributed by atoms with van der Waals surface area (Å²) in [4.78, 5) is 1.76. The van der Waals surface area contributed by atoms with Gasteiger partial charge < -0.3 is 0 Å². The van der Waals surface area contributed by atoms with Crippen LogP contribution in [-0.4, -0.2) is 6.26 Å². The molecule has 1 heteroatoms. The highest BCUT2D eigenvalue weighted by Crippen LogP contribution is 2.56. The van der Waals surface area contributed by atoms with Crippen molar-refractivity contribution in [1.82, 2.24) is 0 Å². The lowest BCUT2D eigenvalue weighted by atomic mass is 9.68. The summed E-state index contributed by atoms with van der Waals surface area (Å²) in [6.45, 7) is 2.33. The van der Waals surface area contributed by atoms with Gasteiger partial charge in [-0.25, -0.2) is 0 Å². The molecule has 1 saturated carbocycles. The standard InChI is InChI=1S/C14H24S/c1-3-4-9-14-10-6-5-7-12(14)13(15-2)8-11-14/h3-11H2,1-2H3. The zero-order valence-electron chi connectivity index (χ0n) is 10.3. The predicted octanol–water partition coefficient (Wildman–Crippen LogP) is 5.15. The fourth-order valence-electron chi connectivity index (χ4n) is 3.54. The monoisotopic (exact) mass is 224 g/mol. The summed E-state index contributed by atoms with van der Waals surface area (Å²) in [6.07, 6.45) is 15.2. The second-order valence-electron chi connectivity index (χ2n) is 5.20. The van der Waals surface area contributed by atoms with Gasteiger partial charge in [-0.3, -0.25) is 0 Å². The molecule has 0 aromatic rings. The number of rotatable bonds is 4. The van der Waals surface area contributed by atoms with E-state index in [2.05, 4.69) is 13.2 Å². The highest BCUT2D eigenvalue weighted by atomic mass is 32.2. The molecule has 1 unspecified atom stereocenters. The lowest BCUT2D eigenvalue weighted by molar-refractivity contribution is 0.246. The van der Waals surface area contributed by atoms with Gasteiger partial charge in [0.25, 0.3) is 0 Å². The summed E-state index contributed by atoms with van der Waals surface area (Å²) in [5.74, 6) is 0. The Hall–Kier alpha value is 0.0900. The van der Waals surface area contributed by atoms with Crippen molar-refractivity contribution in [1.29, 1.82) is 0 Å². The largest absolute Gasteiger partial charge is 0.134 e. The zero-order valence-corrected chi connectivity index (χ0v) is 11.1. The van der Waals surface area contributed by atoms with Gasteiger partial charge in [-0.15, -0.1) is 11.8 Å². The fourth-order valence-corrected chi connectivity index (χ4v) is 4.41. The van der Waals surface area contributed by atoms with Crippen molar-refractivity contribution in [3.8, 4) is 0 Å². The van der Waals surface area contributed by atoms with E-state index < -0.39 is 0 Å². The van der Waals surface area contributed by atoms with E-state index in [-0.39, 0.29) is 0 Å². The maximum atomic E-state index is 2.33. The zero-order chi connectivity index (χ0) is 10.7. The normalized spacial score (nSPS) is 30.8. The lowest BCUT2D eigenvalue weighted by Crippen LogP contribution is -2.23. The topological polar surface area (TPSA) is 0 Å². The van der Waals surface area contributed by atoms with Crippen LogP contribution in [0.15, 0.2) is 10.5 Å². The van der Waals surface area contributed by atoms with Gasteiger partial charge in [0.2, 0.25) is 0 Å². The Morgan fingerprint density at radius 2 is 2.07 bits per heavy atom. The third-order valence-corrected chi connectivity index (χ3v) is 5.34. The maximum absolute atomic E-state index is 2.33. The fraction of sp³-hybridized carbons (Fsp3) is 0.857. The third kappa shape index (κ3) is 2.13. The van der Waals surface area contributed by atoms with Gasteiger partial charge in [0.05, 0.1) is 0 Å². The molecule has 0 heterocycles. The van der Waals surface area contributed by atoms with Gasteiger partial charge in [-0.1, -0.05) is 31.8 Å². The average Bonchev–Trinajstić information content (AvgIpc) is 2.65. The quantitative estimate of drug-likeness (QED) is 0.636. The van der Waals surface area contributed by atoms with Crippen LogP contribution >= 0.6 is 11.8 Å². The second-order valence-corrected chi connectivity index (χ2v) is 6.10. The minimum atomic E-state index is 0.673. The van der Waals surface area contributed by atoms with Crippen molar-refractivity contribution in [2.45, 2.75) is 64.7 Å². The van der Waals surface area contributed by atoms with Gasteiger partial charge in [0, 0.05) is 0 Å². The molecule has 0 bridgehead atoms. The molecule has 0 nitrogen and oxygen atoms in total. The minimum absolute atomic E-state index is 0.673. The van der Waals surface area contributed by atoms with E-state index >= 15 is 0 Å². The number of hydrogen-bond acceptors (Lipinski definition) is 1. The molecule has 2 aliphatic carbocycles. The highest BCUT2D eigenvalue weighted by Gasteiger charge is 2.40. The Bertz CT molecular complexity index is 254. The predicted molar refractivity (Wildman–Crippen MR) is 70.2 cm³/mol. The molecule has 1 fully saturated rings. The Morgan fingerprint density at radius 3 is 2.80 bits per heavy atom. The van der Waals surface area contributed by atoms with E-state index in [4.69, 9.17) is 0 Å². The molecule has 0 N–H and O–H groups in total. The van der Waals surface area contributed by atoms with E-state index in [9.17, 15) is 0 Å². The molecular formula is C14H24S. The Kier molecular flexibility index (Phi) is 3.82. The van der Waals surface area contributed by atoms with Crippen molar-refractivity contribution in [3.05, 3.63) is 10.5 Å². The van der Waals surface area contributed by atoms with Crippen LogP contribution in [0.2, 0.25) is 0 Å². The number of unbranched alkanes of at least 4 members (excludes halogenated alkanes) is 1. The highest BCUT2D eigenvalue weighted by molar-refractivity contribution is 8.02. The van der Waals surface area contributed by atoms with E-state index in [1.165, 1.54) is 57.8 Å². The average molecular weight is 224 g/mol. The van der Waals surface area contributed by atoms with Gasteiger partial charge >= 0.3 is 0 Å². The SMILES string of the molecule is CCCCC12CCCCC1=C(SC)CC2. The van der Waals surface area contributed by atoms with Crippen molar-refractivity contribution in [2.75, 3.05) is 6.26 Å². The molecule has 0 radical (unpaired) electrons. The molecular weight excluding hydrogens is 200 g/mol. The molecule has 86 valence electrons. The summed E-state index contributed by atoms with van der Waals surface area (Å²) in [6, 6.07) is 0.